The molecule has 0 amide bonds. The second-order valence-electron chi connectivity index (χ2n) is 3.39. The van der Waals surface area contributed by atoms with Crippen LogP contribution in [-0.4, -0.2) is 17.1 Å². The van der Waals surface area contributed by atoms with Crippen LogP contribution in [0.1, 0.15) is 11.1 Å². The first-order valence-corrected chi connectivity index (χ1v) is 5.19. The topological polar surface area (TPSA) is 49.3 Å². The lowest BCUT2D eigenvalue weighted by Crippen LogP contribution is -2.41. The molecule has 0 saturated carbocycles. The van der Waals surface area contributed by atoms with E-state index in [1.807, 2.05) is 18.2 Å². The Balaban J connectivity index is 0.00000112. The predicted octanol–water partition coefficient (Wildman–Crippen LogP) is 1.97. The summed E-state index contributed by atoms with van der Waals surface area (Å²) in [6.45, 7) is 0.638. The van der Waals surface area contributed by atoms with Crippen molar-refractivity contribution in [2.24, 2.45) is 0 Å². The third kappa shape index (κ3) is 2.71. The van der Waals surface area contributed by atoms with Crippen LogP contribution in [0.5, 0.6) is 0 Å². The molecule has 0 radical (unpaired) electrons. The van der Waals surface area contributed by atoms with E-state index in [1.54, 1.807) is 0 Å². The Morgan fingerprint density at radius 1 is 1.47 bits per heavy atom. The number of carboxylic acid groups (broad SMARTS) is 1. The maximum atomic E-state index is 10.8. The van der Waals surface area contributed by atoms with Crippen molar-refractivity contribution in [3.05, 3.63) is 33.8 Å². The smallest absolute Gasteiger partial charge is 0.321 e. The standard InChI is InChI=1S/C10H10BrNO2.ClH/c11-8-2-1-6-5-12-9(10(13)14)4-7(6)3-8;/h1-3,9,12H,4-5H2,(H,13,14);1H/t9-;/m0./s1. The molecule has 3 nitrogen and oxygen atoms in total. The van der Waals surface area contributed by atoms with E-state index in [4.69, 9.17) is 5.11 Å². The molecule has 1 atom stereocenters. The first-order valence-electron chi connectivity index (χ1n) is 4.40. The minimum Gasteiger partial charge on any atom is -0.480 e. The number of rotatable bonds is 1. The van der Waals surface area contributed by atoms with Gasteiger partial charge in [-0.2, -0.15) is 0 Å². The van der Waals surface area contributed by atoms with Crippen molar-refractivity contribution >= 4 is 34.3 Å². The maximum Gasteiger partial charge on any atom is 0.321 e. The van der Waals surface area contributed by atoms with Gasteiger partial charge in [0, 0.05) is 11.0 Å². The Morgan fingerprint density at radius 2 is 2.20 bits per heavy atom. The summed E-state index contributed by atoms with van der Waals surface area (Å²) in [5.41, 5.74) is 2.30. The van der Waals surface area contributed by atoms with Crippen LogP contribution in [0.4, 0.5) is 0 Å². The van der Waals surface area contributed by atoms with Gasteiger partial charge in [0.25, 0.3) is 0 Å². The molecule has 1 aromatic rings. The Kier molecular flexibility index (Phi) is 4.13. The van der Waals surface area contributed by atoms with Crippen molar-refractivity contribution < 1.29 is 9.90 Å². The predicted molar refractivity (Wildman–Crippen MR) is 63.4 cm³/mol. The van der Waals surface area contributed by atoms with Crippen LogP contribution in [0.3, 0.4) is 0 Å². The van der Waals surface area contributed by atoms with E-state index in [9.17, 15) is 4.79 Å². The zero-order valence-corrected chi connectivity index (χ0v) is 10.3. The molecular formula is C10H11BrClNO2. The monoisotopic (exact) mass is 291 g/mol. The highest BCUT2D eigenvalue weighted by Crippen LogP contribution is 2.21. The van der Waals surface area contributed by atoms with Gasteiger partial charge in [0.1, 0.15) is 6.04 Å². The summed E-state index contributed by atoms with van der Waals surface area (Å²) in [5.74, 6) is -0.782. The van der Waals surface area contributed by atoms with Crippen molar-refractivity contribution in [3.8, 4) is 0 Å². The van der Waals surface area contributed by atoms with Gasteiger partial charge < -0.3 is 10.4 Å². The molecule has 0 aliphatic carbocycles. The second kappa shape index (κ2) is 4.96. The minimum absolute atomic E-state index is 0. The highest BCUT2D eigenvalue weighted by Gasteiger charge is 2.23. The lowest BCUT2D eigenvalue weighted by atomic mass is 9.96. The first-order chi connectivity index (χ1) is 6.66. The summed E-state index contributed by atoms with van der Waals surface area (Å²) in [5, 5.41) is 11.8. The molecule has 0 fully saturated rings. The van der Waals surface area contributed by atoms with Crippen LogP contribution >= 0.6 is 28.3 Å². The van der Waals surface area contributed by atoms with E-state index in [0.29, 0.717) is 13.0 Å². The highest BCUT2D eigenvalue weighted by molar-refractivity contribution is 9.10. The Morgan fingerprint density at radius 3 is 2.87 bits per heavy atom. The molecule has 0 saturated heterocycles. The molecule has 1 heterocycles. The molecule has 15 heavy (non-hydrogen) atoms. The molecule has 1 aromatic carbocycles. The number of carboxylic acids is 1. The van der Waals surface area contributed by atoms with Gasteiger partial charge in [-0.15, -0.1) is 12.4 Å². The third-order valence-corrected chi connectivity index (χ3v) is 2.92. The fourth-order valence-corrected chi connectivity index (χ4v) is 2.07. The van der Waals surface area contributed by atoms with Crippen molar-refractivity contribution in [1.82, 2.24) is 5.32 Å². The number of hydrogen-bond donors (Lipinski definition) is 2. The van der Waals surface area contributed by atoms with E-state index in [2.05, 4.69) is 21.2 Å². The summed E-state index contributed by atoms with van der Waals surface area (Å²) in [6.07, 6.45) is 0.560. The second-order valence-corrected chi connectivity index (χ2v) is 4.30. The number of carbonyl (C=O) groups is 1. The van der Waals surface area contributed by atoms with Crippen molar-refractivity contribution in [1.29, 1.82) is 0 Å². The molecule has 0 spiro atoms. The lowest BCUT2D eigenvalue weighted by molar-refractivity contribution is -0.139. The number of nitrogens with one attached hydrogen (secondary N) is 1. The van der Waals surface area contributed by atoms with Gasteiger partial charge in [-0.1, -0.05) is 22.0 Å². The number of aliphatic carboxylic acids is 1. The van der Waals surface area contributed by atoms with Gasteiger partial charge in [0.15, 0.2) is 0 Å². The Bertz CT molecular complexity index is 384. The van der Waals surface area contributed by atoms with Gasteiger partial charge >= 0.3 is 5.97 Å². The largest absolute Gasteiger partial charge is 0.480 e. The van der Waals surface area contributed by atoms with Crippen LogP contribution in [0.15, 0.2) is 22.7 Å². The lowest BCUT2D eigenvalue weighted by Gasteiger charge is -2.23. The van der Waals surface area contributed by atoms with Gasteiger partial charge in [-0.25, -0.2) is 0 Å². The van der Waals surface area contributed by atoms with Crippen molar-refractivity contribution in [3.63, 3.8) is 0 Å². The van der Waals surface area contributed by atoms with E-state index in [1.165, 1.54) is 5.56 Å². The van der Waals surface area contributed by atoms with E-state index < -0.39 is 12.0 Å². The van der Waals surface area contributed by atoms with E-state index in [-0.39, 0.29) is 12.4 Å². The van der Waals surface area contributed by atoms with Crippen molar-refractivity contribution in [2.45, 2.75) is 19.0 Å². The molecule has 1 aliphatic rings. The van der Waals surface area contributed by atoms with Crippen LogP contribution in [-0.2, 0) is 17.8 Å². The Labute approximate surface area is 102 Å². The molecular weight excluding hydrogens is 281 g/mol. The summed E-state index contributed by atoms with van der Waals surface area (Å²) in [4.78, 5) is 10.8. The van der Waals surface area contributed by atoms with Gasteiger partial charge in [-0.3, -0.25) is 4.79 Å². The number of benzene rings is 1. The maximum absolute atomic E-state index is 10.8. The molecule has 5 heteroatoms. The van der Waals surface area contributed by atoms with Crippen LogP contribution in [0.25, 0.3) is 0 Å². The molecule has 82 valence electrons. The van der Waals surface area contributed by atoms with E-state index >= 15 is 0 Å². The molecule has 0 aromatic heterocycles. The normalized spacial score (nSPS) is 18.9. The third-order valence-electron chi connectivity index (χ3n) is 2.43. The first kappa shape index (κ1) is 12.5. The SMILES string of the molecule is Cl.O=C(O)[C@@H]1Cc2cc(Br)ccc2CN1. The van der Waals surface area contributed by atoms with Gasteiger partial charge in [0.2, 0.25) is 0 Å². The number of halogens is 2. The summed E-state index contributed by atoms with van der Waals surface area (Å²) in [6, 6.07) is 5.54. The summed E-state index contributed by atoms with van der Waals surface area (Å²) < 4.78 is 1.00. The zero-order valence-electron chi connectivity index (χ0n) is 7.87. The quantitative estimate of drug-likeness (QED) is 0.832. The highest BCUT2D eigenvalue weighted by atomic mass is 79.9. The fourth-order valence-electron chi connectivity index (χ4n) is 1.66. The zero-order chi connectivity index (χ0) is 10.1. The molecule has 2 N–H and O–H groups in total. The molecule has 2 rings (SSSR count). The number of hydrogen-bond acceptors (Lipinski definition) is 2. The average Bonchev–Trinajstić information content (AvgIpc) is 2.16. The van der Waals surface area contributed by atoms with Crippen LogP contribution in [0, 0.1) is 0 Å². The van der Waals surface area contributed by atoms with Crippen LogP contribution < -0.4 is 5.32 Å². The van der Waals surface area contributed by atoms with Crippen molar-refractivity contribution in [2.75, 3.05) is 0 Å². The van der Waals surface area contributed by atoms with E-state index in [0.717, 1.165) is 10.0 Å². The fraction of sp³-hybridized carbons (Fsp3) is 0.300. The molecule has 0 bridgehead atoms. The molecule has 1 aliphatic heterocycles. The molecule has 0 unspecified atom stereocenters. The van der Waals surface area contributed by atoms with Gasteiger partial charge in [-0.05, 0) is 29.7 Å². The minimum atomic E-state index is -0.782. The summed E-state index contributed by atoms with van der Waals surface area (Å²) >= 11 is 3.38. The van der Waals surface area contributed by atoms with Crippen LogP contribution in [0.2, 0.25) is 0 Å². The van der Waals surface area contributed by atoms with Gasteiger partial charge in [0.05, 0.1) is 0 Å². The number of fused-ring (bicyclic) bond motifs is 1. The Hall–Kier alpha value is -0.580. The average molecular weight is 293 g/mol. The summed E-state index contributed by atoms with van der Waals surface area (Å²) in [7, 11) is 0.